The van der Waals surface area contributed by atoms with E-state index in [9.17, 15) is 4.79 Å². The number of nitrogens with two attached hydrogens (primary N) is 1. The van der Waals surface area contributed by atoms with Crippen molar-refractivity contribution in [3.63, 3.8) is 0 Å². The molecular formula is C16H20N4O. The van der Waals surface area contributed by atoms with E-state index in [0.29, 0.717) is 23.7 Å². The van der Waals surface area contributed by atoms with Crippen LogP contribution in [0, 0.1) is 5.92 Å². The number of nitrogens with zero attached hydrogens (tertiary/aromatic N) is 2. The van der Waals surface area contributed by atoms with Crippen LogP contribution in [0.5, 0.6) is 0 Å². The smallest absolute Gasteiger partial charge is 0.255 e. The van der Waals surface area contributed by atoms with Crippen LogP contribution in [0.25, 0.3) is 5.52 Å². The molecule has 0 bridgehead atoms. The predicted octanol–water partition coefficient (Wildman–Crippen LogP) is 2.39. The van der Waals surface area contributed by atoms with E-state index in [1.807, 2.05) is 0 Å². The van der Waals surface area contributed by atoms with Crippen molar-refractivity contribution in [3.8, 4) is 0 Å². The van der Waals surface area contributed by atoms with Gasteiger partial charge in [0.25, 0.3) is 5.91 Å². The van der Waals surface area contributed by atoms with Crippen molar-refractivity contribution in [1.29, 1.82) is 0 Å². The number of carbonyl (C=O) groups is 1. The second kappa shape index (κ2) is 5.99. The fraction of sp³-hybridized carbons (Fsp3) is 0.375. The highest BCUT2D eigenvalue weighted by Crippen LogP contribution is 2.21. The SMILES string of the molecule is Nc1ccn2ncc(C(=O)NCCC3CC=CCC3)c2c1. The highest BCUT2D eigenvalue weighted by molar-refractivity contribution is 6.00. The summed E-state index contributed by atoms with van der Waals surface area (Å²) in [5, 5.41) is 7.16. The van der Waals surface area contributed by atoms with Crippen LogP contribution in [0.3, 0.4) is 0 Å². The normalized spacial score (nSPS) is 18.0. The Kier molecular flexibility index (Phi) is 3.90. The van der Waals surface area contributed by atoms with Gasteiger partial charge in [-0.25, -0.2) is 4.52 Å². The van der Waals surface area contributed by atoms with Gasteiger partial charge in [-0.2, -0.15) is 5.10 Å². The molecule has 0 saturated heterocycles. The third-order valence-electron chi connectivity index (χ3n) is 4.01. The molecule has 1 aliphatic rings. The molecule has 0 aliphatic heterocycles. The molecule has 2 aromatic rings. The van der Waals surface area contributed by atoms with Gasteiger partial charge in [-0.15, -0.1) is 0 Å². The maximum absolute atomic E-state index is 12.3. The van der Waals surface area contributed by atoms with E-state index < -0.39 is 0 Å². The number of pyridine rings is 1. The summed E-state index contributed by atoms with van der Waals surface area (Å²) in [5.74, 6) is 0.608. The fourth-order valence-corrected chi connectivity index (χ4v) is 2.78. The van der Waals surface area contributed by atoms with Crippen molar-refractivity contribution < 1.29 is 4.79 Å². The number of aromatic nitrogens is 2. The first-order chi connectivity index (χ1) is 10.2. The first kappa shape index (κ1) is 13.7. The zero-order chi connectivity index (χ0) is 14.7. The monoisotopic (exact) mass is 284 g/mol. The molecule has 21 heavy (non-hydrogen) atoms. The molecule has 3 rings (SSSR count). The molecule has 0 radical (unpaired) electrons. The number of anilines is 1. The lowest BCUT2D eigenvalue weighted by Crippen LogP contribution is -2.26. The second-order valence-corrected chi connectivity index (χ2v) is 5.54. The van der Waals surface area contributed by atoms with Gasteiger partial charge in [-0.05, 0) is 43.7 Å². The molecule has 1 atom stereocenters. The Morgan fingerprint density at radius 2 is 2.38 bits per heavy atom. The van der Waals surface area contributed by atoms with Gasteiger partial charge in [-0.3, -0.25) is 4.79 Å². The number of nitrogens with one attached hydrogen (secondary N) is 1. The van der Waals surface area contributed by atoms with Crippen LogP contribution in [0.1, 0.15) is 36.0 Å². The summed E-state index contributed by atoms with van der Waals surface area (Å²) in [7, 11) is 0. The number of hydrogen-bond acceptors (Lipinski definition) is 3. The average molecular weight is 284 g/mol. The Morgan fingerprint density at radius 3 is 3.19 bits per heavy atom. The van der Waals surface area contributed by atoms with E-state index in [0.717, 1.165) is 24.8 Å². The lowest BCUT2D eigenvalue weighted by Gasteiger charge is -2.17. The highest BCUT2D eigenvalue weighted by Gasteiger charge is 2.14. The van der Waals surface area contributed by atoms with Gasteiger partial charge in [0, 0.05) is 18.4 Å². The lowest BCUT2D eigenvalue weighted by atomic mass is 9.91. The number of rotatable bonds is 4. The Morgan fingerprint density at radius 1 is 1.48 bits per heavy atom. The second-order valence-electron chi connectivity index (χ2n) is 5.54. The van der Waals surface area contributed by atoms with Crippen LogP contribution < -0.4 is 11.1 Å². The lowest BCUT2D eigenvalue weighted by molar-refractivity contribution is 0.0952. The van der Waals surface area contributed by atoms with Gasteiger partial charge in [0.05, 0.1) is 17.3 Å². The van der Waals surface area contributed by atoms with E-state index >= 15 is 0 Å². The summed E-state index contributed by atoms with van der Waals surface area (Å²) in [6.07, 6.45) is 12.4. The third kappa shape index (κ3) is 3.07. The molecule has 0 spiro atoms. The van der Waals surface area contributed by atoms with Crippen molar-refractivity contribution in [2.75, 3.05) is 12.3 Å². The van der Waals surface area contributed by atoms with Gasteiger partial charge in [-0.1, -0.05) is 12.2 Å². The molecule has 110 valence electrons. The zero-order valence-electron chi connectivity index (χ0n) is 12.0. The van der Waals surface area contributed by atoms with Crippen molar-refractivity contribution in [2.45, 2.75) is 25.7 Å². The molecular weight excluding hydrogens is 264 g/mol. The molecule has 3 N–H and O–H groups in total. The quantitative estimate of drug-likeness (QED) is 0.847. The Hall–Kier alpha value is -2.30. The first-order valence-corrected chi connectivity index (χ1v) is 7.40. The largest absolute Gasteiger partial charge is 0.399 e. The van der Waals surface area contributed by atoms with Gasteiger partial charge < -0.3 is 11.1 Å². The van der Waals surface area contributed by atoms with E-state index in [-0.39, 0.29) is 5.91 Å². The highest BCUT2D eigenvalue weighted by atomic mass is 16.1. The average Bonchev–Trinajstić information content (AvgIpc) is 2.91. The molecule has 2 heterocycles. The standard InChI is InChI=1S/C16H20N4O/c17-13-7-9-20-15(10-13)14(11-19-20)16(21)18-8-6-12-4-2-1-3-5-12/h1-2,7,9-12H,3-6,8,17H2,(H,18,21). The van der Waals surface area contributed by atoms with Gasteiger partial charge in [0.2, 0.25) is 0 Å². The topological polar surface area (TPSA) is 72.4 Å². The van der Waals surface area contributed by atoms with Gasteiger partial charge in [0.15, 0.2) is 0 Å². The minimum atomic E-state index is -0.0815. The number of allylic oxidation sites excluding steroid dienone is 2. The number of hydrogen-bond donors (Lipinski definition) is 2. The van der Waals surface area contributed by atoms with Crippen LogP contribution in [0.15, 0.2) is 36.7 Å². The number of carbonyl (C=O) groups excluding carboxylic acids is 1. The van der Waals surface area contributed by atoms with E-state index in [2.05, 4.69) is 22.6 Å². The third-order valence-corrected chi connectivity index (χ3v) is 4.01. The Balaban J connectivity index is 1.61. The van der Waals surface area contributed by atoms with Crippen LogP contribution in [-0.2, 0) is 0 Å². The van der Waals surface area contributed by atoms with Crippen LogP contribution in [0.4, 0.5) is 5.69 Å². The van der Waals surface area contributed by atoms with E-state index in [1.165, 1.54) is 6.42 Å². The molecule has 0 saturated carbocycles. The summed E-state index contributed by atoms with van der Waals surface area (Å²) in [5.41, 5.74) is 7.72. The fourth-order valence-electron chi connectivity index (χ4n) is 2.78. The molecule has 1 amide bonds. The zero-order valence-corrected chi connectivity index (χ0v) is 12.0. The maximum atomic E-state index is 12.3. The van der Waals surface area contributed by atoms with Crippen molar-refractivity contribution >= 4 is 17.1 Å². The van der Waals surface area contributed by atoms with Crippen LogP contribution in [0.2, 0.25) is 0 Å². The number of amides is 1. The minimum Gasteiger partial charge on any atom is -0.399 e. The van der Waals surface area contributed by atoms with Crippen molar-refractivity contribution in [2.24, 2.45) is 5.92 Å². The molecule has 5 nitrogen and oxygen atoms in total. The number of fused-ring (bicyclic) bond motifs is 1. The molecule has 1 aliphatic carbocycles. The Bertz CT molecular complexity index is 674. The summed E-state index contributed by atoms with van der Waals surface area (Å²) >= 11 is 0. The van der Waals surface area contributed by atoms with Crippen LogP contribution in [-0.4, -0.2) is 22.1 Å². The first-order valence-electron chi connectivity index (χ1n) is 7.40. The maximum Gasteiger partial charge on any atom is 0.255 e. The molecule has 5 heteroatoms. The van der Waals surface area contributed by atoms with Crippen molar-refractivity contribution in [1.82, 2.24) is 14.9 Å². The molecule has 0 fully saturated rings. The van der Waals surface area contributed by atoms with Gasteiger partial charge >= 0.3 is 0 Å². The van der Waals surface area contributed by atoms with E-state index in [4.69, 9.17) is 5.73 Å². The number of nitrogen functional groups attached to an aromatic ring is 1. The Labute approximate surface area is 123 Å². The summed E-state index contributed by atoms with van der Waals surface area (Å²) in [6.45, 7) is 0.705. The van der Waals surface area contributed by atoms with Crippen molar-refractivity contribution in [3.05, 3.63) is 42.2 Å². The molecule has 1 unspecified atom stereocenters. The van der Waals surface area contributed by atoms with Gasteiger partial charge in [0.1, 0.15) is 0 Å². The van der Waals surface area contributed by atoms with E-state index in [1.54, 1.807) is 29.0 Å². The molecule has 0 aromatic carbocycles. The summed E-state index contributed by atoms with van der Waals surface area (Å²) < 4.78 is 1.66. The van der Waals surface area contributed by atoms with Crippen LogP contribution >= 0.6 is 0 Å². The molecule has 2 aromatic heterocycles. The summed E-state index contributed by atoms with van der Waals surface area (Å²) in [4.78, 5) is 12.3. The minimum absolute atomic E-state index is 0.0815. The predicted molar refractivity (Wildman–Crippen MR) is 83.0 cm³/mol. The summed E-state index contributed by atoms with van der Waals surface area (Å²) in [6, 6.07) is 3.53.